The lowest BCUT2D eigenvalue weighted by molar-refractivity contribution is 0.753. The largest absolute Gasteiger partial charge is 0.384 e. The Balaban J connectivity index is 1.94. The molecule has 4 nitrogen and oxygen atoms in total. The maximum atomic E-state index is 6.12. The topological polar surface area (TPSA) is 56.7 Å². The molecule has 0 bridgehead atoms. The van der Waals surface area contributed by atoms with Crippen LogP contribution < -0.4 is 5.73 Å². The molecule has 0 aliphatic rings. The Bertz CT molecular complexity index is 747. The molecular formula is C18H20N4. The van der Waals surface area contributed by atoms with Crippen molar-refractivity contribution in [2.45, 2.75) is 26.2 Å². The highest BCUT2D eigenvalue weighted by molar-refractivity contribution is 5.65. The summed E-state index contributed by atoms with van der Waals surface area (Å²) in [6.07, 6.45) is 6.89. The first-order valence-electron chi connectivity index (χ1n) is 7.63. The highest BCUT2D eigenvalue weighted by atomic mass is 15.3. The molecule has 0 amide bonds. The van der Waals surface area contributed by atoms with Gasteiger partial charge < -0.3 is 5.73 Å². The Labute approximate surface area is 130 Å². The second kappa shape index (κ2) is 6.43. The van der Waals surface area contributed by atoms with Crippen LogP contribution in [0.4, 0.5) is 5.82 Å². The van der Waals surface area contributed by atoms with E-state index in [1.165, 1.54) is 0 Å². The predicted molar refractivity (Wildman–Crippen MR) is 89.8 cm³/mol. The van der Waals surface area contributed by atoms with E-state index in [2.05, 4.69) is 29.1 Å². The molecule has 3 aromatic rings. The number of aryl methyl sites for hydroxylation is 1. The zero-order valence-electron chi connectivity index (χ0n) is 12.7. The fraction of sp³-hybridized carbons (Fsp3) is 0.222. The van der Waals surface area contributed by atoms with Gasteiger partial charge >= 0.3 is 0 Å². The SMILES string of the molecule is CCCCc1cc(N)n(-c2cccc(-c3cccnc3)c2)n1. The second-order valence-electron chi connectivity index (χ2n) is 5.37. The number of anilines is 1. The molecule has 2 N–H and O–H groups in total. The Morgan fingerprint density at radius 1 is 1.09 bits per heavy atom. The fourth-order valence-corrected chi connectivity index (χ4v) is 2.48. The van der Waals surface area contributed by atoms with Gasteiger partial charge in [-0.2, -0.15) is 5.10 Å². The van der Waals surface area contributed by atoms with Gasteiger partial charge in [-0.25, -0.2) is 4.68 Å². The van der Waals surface area contributed by atoms with E-state index in [9.17, 15) is 0 Å². The monoisotopic (exact) mass is 292 g/mol. The van der Waals surface area contributed by atoms with E-state index in [0.29, 0.717) is 5.82 Å². The van der Waals surface area contributed by atoms with Gasteiger partial charge in [0.05, 0.1) is 11.4 Å². The van der Waals surface area contributed by atoms with Crippen LogP contribution in [0, 0.1) is 0 Å². The molecule has 0 saturated carbocycles. The van der Waals surface area contributed by atoms with Gasteiger partial charge in [-0.3, -0.25) is 4.98 Å². The van der Waals surface area contributed by atoms with E-state index in [1.54, 1.807) is 6.20 Å². The average molecular weight is 292 g/mol. The van der Waals surface area contributed by atoms with Gasteiger partial charge in [-0.05, 0) is 36.6 Å². The maximum absolute atomic E-state index is 6.12. The highest BCUT2D eigenvalue weighted by Crippen LogP contribution is 2.23. The molecule has 0 unspecified atom stereocenters. The van der Waals surface area contributed by atoms with Crippen molar-refractivity contribution in [3.8, 4) is 16.8 Å². The van der Waals surface area contributed by atoms with Gasteiger partial charge in [0.25, 0.3) is 0 Å². The molecule has 0 radical (unpaired) electrons. The zero-order valence-corrected chi connectivity index (χ0v) is 12.7. The van der Waals surface area contributed by atoms with E-state index >= 15 is 0 Å². The lowest BCUT2D eigenvalue weighted by atomic mass is 10.1. The molecule has 0 saturated heterocycles. The minimum Gasteiger partial charge on any atom is -0.384 e. The van der Waals surface area contributed by atoms with Crippen LogP contribution in [0.25, 0.3) is 16.8 Å². The van der Waals surface area contributed by atoms with E-state index in [1.807, 2.05) is 41.2 Å². The maximum Gasteiger partial charge on any atom is 0.127 e. The number of aromatic nitrogens is 3. The van der Waals surface area contributed by atoms with Gasteiger partial charge in [0.2, 0.25) is 0 Å². The molecule has 22 heavy (non-hydrogen) atoms. The van der Waals surface area contributed by atoms with E-state index in [-0.39, 0.29) is 0 Å². The number of nitrogen functional groups attached to an aromatic ring is 1. The lowest BCUT2D eigenvalue weighted by Crippen LogP contribution is -2.02. The Morgan fingerprint density at radius 3 is 2.73 bits per heavy atom. The van der Waals surface area contributed by atoms with Crippen LogP contribution in [0.1, 0.15) is 25.5 Å². The smallest absolute Gasteiger partial charge is 0.127 e. The van der Waals surface area contributed by atoms with E-state index in [0.717, 1.165) is 41.8 Å². The number of hydrogen-bond donors (Lipinski definition) is 1. The lowest BCUT2D eigenvalue weighted by Gasteiger charge is -2.07. The first kappa shape index (κ1) is 14.3. The third kappa shape index (κ3) is 3.01. The van der Waals surface area contributed by atoms with Crippen molar-refractivity contribution in [1.82, 2.24) is 14.8 Å². The van der Waals surface area contributed by atoms with Crippen molar-refractivity contribution in [2.75, 3.05) is 5.73 Å². The number of unbranched alkanes of at least 4 members (excludes halogenated alkanes) is 1. The summed E-state index contributed by atoms with van der Waals surface area (Å²) in [4.78, 5) is 4.17. The highest BCUT2D eigenvalue weighted by Gasteiger charge is 2.08. The summed E-state index contributed by atoms with van der Waals surface area (Å²) >= 11 is 0. The quantitative estimate of drug-likeness (QED) is 0.777. The summed E-state index contributed by atoms with van der Waals surface area (Å²) in [6, 6.07) is 14.1. The van der Waals surface area contributed by atoms with Crippen molar-refractivity contribution in [1.29, 1.82) is 0 Å². The number of rotatable bonds is 5. The number of nitrogens with two attached hydrogens (primary N) is 1. The molecular weight excluding hydrogens is 272 g/mol. The number of pyridine rings is 1. The van der Waals surface area contributed by atoms with Crippen LogP contribution in [0.2, 0.25) is 0 Å². The van der Waals surface area contributed by atoms with Crippen molar-refractivity contribution in [2.24, 2.45) is 0 Å². The van der Waals surface area contributed by atoms with Gasteiger partial charge in [0.15, 0.2) is 0 Å². The fourth-order valence-electron chi connectivity index (χ4n) is 2.48. The standard InChI is InChI=1S/C18H20N4/c1-2-3-8-16-12-18(19)22(21-16)17-9-4-6-14(11-17)15-7-5-10-20-13-15/h4-7,9-13H,2-3,8,19H2,1H3. The van der Waals surface area contributed by atoms with E-state index in [4.69, 9.17) is 5.73 Å². The van der Waals surface area contributed by atoms with Crippen LogP contribution in [0.5, 0.6) is 0 Å². The summed E-state index contributed by atoms with van der Waals surface area (Å²) in [6.45, 7) is 2.18. The molecule has 0 aliphatic carbocycles. The molecule has 0 aliphatic heterocycles. The van der Waals surface area contributed by atoms with Gasteiger partial charge in [-0.15, -0.1) is 0 Å². The van der Waals surface area contributed by atoms with Crippen molar-refractivity contribution < 1.29 is 0 Å². The Morgan fingerprint density at radius 2 is 1.95 bits per heavy atom. The number of nitrogens with zero attached hydrogens (tertiary/aromatic N) is 3. The first-order chi connectivity index (χ1) is 10.8. The molecule has 0 fully saturated rings. The summed E-state index contributed by atoms with van der Waals surface area (Å²) in [7, 11) is 0. The van der Waals surface area contributed by atoms with Gasteiger partial charge in [0.1, 0.15) is 5.82 Å². The van der Waals surface area contributed by atoms with E-state index < -0.39 is 0 Å². The Kier molecular flexibility index (Phi) is 4.19. The molecule has 112 valence electrons. The van der Waals surface area contributed by atoms with Crippen LogP contribution in [0.15, 0.2) is 54.9 Å². The van der Waals surface area contributed by atoms with Crippen LogP contribution in [0.3, 0.4) is 0 Å². The molecule has 2 aromatic heterocycles. The van der Waals surface area contributed by atoms with Crippen molar-refractivity contribution in [3.05, 3.63) is 60.6 Å². The third-order valence-corrected chi connectivity index (χ3v) is 3.66. The molecule has 3 rings (SSSR count). The average Bonchev–Trinajstić information content (AvgIpc) is 2.95. The van der Waals surface area contributed by atoms with Gasteiger partial charge in [-0.1, -0.05) is 31.5 Å². The van der Waals surface area contributed by atoms with Crippen molar-refractivity contribution in [3.63, 3.8) is 0 Å². The summed E-state index contributed by atoms with van der Waals surface area (Å²) in [5.41, 5.74) is 10.3. The number of hydrogen-bond acceptors (Lipinski definition) is 3. The minimum atomic E-state index is 0.675. The van der Waals surface area contributed by atoms with Crippen LogP contribution in [-0.4, -0.2) is 14.8 Å². The normalized spacial score (nSPS) is 10.8. The molecule has 0 atom stereocenters. The Hall–Kier alpha value is -2.62. The van der Waals surface area contributed by atoms with Gasteiger partial charge in [0, 0.05) is 24.0 Å². The van der Waals surface area contributed by atoms with Crippen LogP contribution in [-0.2, 0) is 6.42 Å². The molecule has 4 heteroatoms. The molecule has 1 aromatic carbocycles. The minimum absolute atomic E-state index is 0.675. The second-order valence-corrected chi connectivity index (χ2v) is 5.37. The predicted octanol–water partition coefficient (Wildman–Crippen LogP) is 3.86. The summed E-state index contributed by atoms with van der Waals surface area (Å²) in [5, 5.41) is 4.63. The third-order valence-electron chi connectivity index (χ3n) is 3.66. The summed E-state index contributed by atoms with van der Waals surface area (Å²) in [5.74, 6) is 0.675. The molecule has 2 heterocycles. The van der Waals surface area contributed by atoms with Crippen LogP contribution >= 0.6 is 0 Å². The number of benzene rings is 1. The van der Waals surface area contributed by atoms with Crippen molar-refractivity contribution >= 4 is 5.82 Å². The first-order valence-corrected chi connectivity index (χ1v) is 7.63. The zero-order chi connectivity index (χ0) is 15.4. The molecule has 0 spiro atoms. The summed E-state index contributed by atoms with van der Waals surface area (Å²) < 4.78 is 1.81.